The summed E-state index contributed by atoms with van der Waals surface area (Å²) in [5.41, 5.74) is 1.77. The Hall–Kier alpha value is -1.05. The van der Waals surface area contributed by atoms with Crippen LogP contribution in [0.1, 0.15) is 53.4 Å². The molecule has 0 amide bonds. The first kappa shape index (κ1) is 15.0. The molecule has 18 heavy (non-hydrogen) atoms. The predicted molar refractivity (Wildman–Crippen MR) is 75.2 cm³/mol. The van der Waals surface area contributed by atoms with Crippen LogP contribution in [0.2, 0.25) is 0 Å². The van der Waals surface area contributed by atoms with E-state index < -0.39 is 0 Å². The van der Waals surface area contributed by atoms with Gasteiger partial charge in [-0.3, -0.25) is 0 Å². The third-order valence-corrected chi connectivity index (χ3v) is 4.44. The molecule has 2 nitrogen and oxygen atoms in total. The standard InChI is InChI=1S/C16H26O2/c1-7-16(6)9-8-13(11(2)3)10-14(16)18-15(17)12(4)5/h13-14H,2,4,7-10H2,1,3,5-6H3. The fourth-order valence-electron chi connectivity index (χ4n) is 2.60. The Kier molecular flexibility index (Phi) is 4.78. The Morgan fingerprint density at radius 2 is 2.00 bits per heavy atom. The number of esters is 1. The monoisotopic (exact) mass is 250 g/mol. The van der Waals surface area contributed by atoms with E-state index in [0.717, 1.165) is 25.7 Å². The molecule has 0 aromatic rings. The number of carbonyl (C=O) groups is 1. The van der Waals surface area contributed by atoms with E-state index in [1.54, 1.807) is 6.92 Å². The summed E-state index contributed by atoms with van der Waals surface area (Å²) in [5.74, 6) is 0.217. The summed E-state index contributed by atoms with van der Waals surface area (Å²) < 4.78 is 5.66. The summed E-state index contributed by atoms with van der Waals surface area (Å²) in [7, 11) is 0. The SMILES string of the molecule is C=C(C)C(=O)OC1CC(C(=C)C)CCC1(C)CC. The third kappa shape index (κ3) is 3.24. The highest BCUT2D eigenvalue weighted by Crippen LogP contribution is 2.44. The van der Waals surface area contributed by atoms with Crippen molar-refractivity contribution < 1.29 is 9.53 Å². The molecule has 102 valence electrons. The second-order valence-electron chi connectivity index (χ2n) is 6.00. The smallest absolute Gasteiger partial charge is 0.333 e. The molecule has 0 aromatic carbocycles. The van der Waals surface area contributed by atoms with Crippen molar-refractivity contribution in [3.8, 4) is 0 Å². The van der Waals surface area contributed by atoms with Crippen LogP contribution in [-0.2, 0) is 9.53 Å². The highest BCUT2D eigenvalue weighted by Gasteiger charge is 2.41. The van der Waals surface area contributed by atoms with Crippen molar-refractivity contribution in [3.63, 3.8) is 0 Å². The minimum absolute atomic E-state index is 0.0119. The van der Waals surface area contributed by atoms with Crippen molar-refractivity contribution >= 4 is 5.97 Å². The van der Waals surface area contributed by atoms with Gasteiger partial charge in [-0.05, 0) is 45.4 Å². The average molecular weight is 250 g/mol. The second-order valence-corrected chi connectivity index (χ2v) is 6.00. The van der Waals surface area contributed by atoms with E-state index in [-0.39, 0.29) is 17.5 Å². The summed E-state index contributed by atoms with van der Waals surface area (Å²) in [6, 6.07) is 0. The van der Waals surface area contributed by atoms with Crippen LogP contribution in [0.5, 0.6) is 0 Å². The number of carbonyl (C=O) groups excluding carboxylic acids is 1. The molecule has 2 heteroatoms. The highest BCUT2D eigenvalue weighted by atomic mass is 16.5. The molecule has 0 radical (unpaired) electrons. The van der Waals surface area contributed by atoms with E-state index in [2.05, 4.69) is 33.9 Å². The Morgan fingerprint density at radius 1 is 1.39 bits per heavy atom. The first-order valence-electron chi connectivity index (χ1n) is 6.82. The number of allylic oxidation sites excluding steroid dienone is 1. The molecule has 3 atom stereocenters. The lowest BCUT2D eigenvalue weighted by molar-refractivity contribution is -0.155. The predicted octanol–water partition coefficient (Wildman–Crippen LogP) is 4.27. The Labute approximate surface area is 111 Å². The quantitative estimate of drug-likeness (QED) is 0.423. The van der Waals surface area contributed by atoms with Gasteiger partial charge in [-0.2, -0.15) is 0 Å². The summed E-state index contributed by atoms with van der Waals surface area (Å²) in [5, 5.41) is 0. The number of rotatable bonds is 4. The largest absolute Gasteiger partial charge is 0.458 e. The zero-order valence-corrected chi connectivity index (χ0v) is 12.2. The molecule has 0 bridgehead atoms. The second kappa shape index (κ2) is 5.73. The van der Waals surface area contributed by atoms with Gasteiger partial charge in [0.05, 0.1) is 0 Å². The topological polar surface area (TPSA) is 26.3 Å². The Morgan fingerprint density at radius 3 is 2.44 bits per heavy atom. The molecule has 1 fully saturated rings. The maximum atomic E-state index is 11.7. The van der Waals surface area contributed by atoms with Gasteiger partial charge in [0, 0.05) is 11.0 Å². The van der Waals surface area contributed by atoms with Gasteiger partial charge in [-0.15, -0.1) is 0 Å². The summed E-state index contributed by atoms with van der Waals surface area (Å²) in [4.78, 5) is 11.7. The fourth-order valence-corrected chi connectivity index (χ4v) is 2.60. The zero-order valence-electron chi connectivity index (χ0n) is 12.2. The van der Waals surface area contributed by atoms with Crippen molar-refractivity contribution in [1.82, 2.24) is 0 Å². The lowest BCUT2D eigenvalue weighted by Gasteiger charge is -2.43. The lowest BCUT2D eigenvalue weighted by atomic mass is 9.67. The Balaban J connectivity index is 2.82. The highest BCUT2D eigenvalue weighted by molar-refractivity contribution is 5.87. The molecule has 0 aromatic heterocycles. The first-order valence-corrected chi connectivity index (χ1v) is 6.82. The molecule has 1 rings (SSSR count). The van der Waals surface area contributed by atoms with Gasteiger partial charge in [0.25, 0.3) is 0 Å². The van der Waals surface area contributed by atoms with Gasteiger partial charge < -0.3 is 4.74 Å². The fraction of sp³-hybridized carbons (Fsp3) is 0.688. The van der Waals surface area contributed by atoms with Gasteiger partial charge in [0.2, 0.25) is 0 Å². The van der Waals surface area contributed by atoms with Crippen molar-refractivity contribution in [2.24, 2.45) is 11.3 Å². The van der Waals surface area contributed by atoms with Crippen molar-refractivity contribution in [2.45, 2.75) is 59.5 Å². The van der Waals surface area contributed by atoms with Crippen LogP contribution in [0.15, 0.2) is 24.3 Å². The van der Waals surface area contributed by atoms with Gasteiger partial charge in [-0.1, -0.05) is 32.6 Å². The van der Waals surface area contributed by atoms with Crippen LogP contribution in [0.4, 0.5) is 0 Å². The number of ether oxygens (including phenoxy) is 1. The first-order chi connectivity index (χ1) is 8.30. The molecular formula is C16H26O2. The summed E-state index contributed by atoms with van der Waals surface area (Å²) >= 11 is 0. The van der Waals surface area contributed by atoms with Crippen LogP contribution in [0, 0.1) is 11.3 Å². The molecular weight excluding hydrogens is 224 g/mol. The van der Waals surface area contributed by atoms with Crippen molar-refractivity contribution in [1.29, 1.82) is 0 Å². The summed E-state index contributed by atoms with van der Waals surface area (Å²) in [6.45, 7) is 15.9. The van der Waals surface area contributed by atoms with Gasteiger partial charge in [-0.25, -0.2) is 4.79 Å². The van der Waals surface area contributed by atoms with E-state index in [1.165, 1.54) is 5.57 Å². The molecule has 0 N–H and O–H groups in total. The maximum Gasteiger partial charge on any atom is 0.333 e. The third-order valence-electron chi connectivity index (χ3n) is 4.44. The normalized spacial score (nSPS) is 31.8. The molecule has 1 saturated carbocycles. The van der Waals surface area contributed by atoms with Crippen LogP contribution < -0.4 is 0 Å². The van der Waals surface area contributed by atoms with E-state index in [4.69, 9.17) is 4.74 Å². The number of hydrogen-bond acceptors (Lipinski definition) is 2. The molecule has 1 aliphatic rings. The maximum absolute atomic E-state index is 11.7. The summed E-state index contributed by atoms with van der Waals surface area (Å²) in [6.07, 6.45) is 4.17. The number of hydrogen-bond donors (Lipinski definition) is 0. The van der Waals surface area contributed by atoms with E-state index in [0.29, 0.717) is 11.5 Å². The van der Waals surface area contributed by atoms with Crippen LogP contribution in [-0.4, -0.2) is 12.1 Å². The average Bonchev–Trinajstić information content (AvgIpc) is 2.31. The van der Waals surface area contributed by atoms with Crippen molar-refractivity contribution in [3.05, 3.63) is 24.3 Å². The molecule has 3 unspecified atom stereocenters. The van der Waals surface area contributed by atoms with Crippen molar-refractivity contribution in [2.75, 3.05) is 0 Å². The molecule has 0 saturated heterocycles. The van der Waals surface area contributed by atoms with Crippen LogP contribution >= 0.6 is 0 Å². The molecule has 0 aliphatic heterocycles. The van der Waals surface area contributed by atoms with Crippen LogP contribution in [0.25, 0.3) is 0 Å². The van der Waals surface area contributed by atoms with E-state index in [1.807, 2.05) is 0 Å². The Bertz CT molecular complexity index is 356. The van der Waals surface area contributed by atoms with Gasteiger partial charge >= 0.3 is 5.97 Å². The van der Waals surface area contributed by atoms with Gasteiger partial charge in [0.15, 0.2) is 0 Å². The van der Waals surface area contributed by atoms with Gasteiger partial charge in [0.1, 0.15) is 6.10 Å². The van der Waals surface area contributed by atoms with Crippen LogP contribution in [0.3, 0.4) is 0 Å². The molecule has 0 spiro atoms. The zero-order chi connectivity index (χ0) is 13.9. The minimum Gasteiger partial charge on any atom is -0.458 e. The lowest BCUT2D eigenvalue weighted by Crippen LogP contribution is -2.41. The molecule has 1 aliphatic carbocycles. The molecule has 0 heterocycles. The van der Waals surface area contributed by atoms with E-state index >= 15 is 0 Å². The van der Waals surface area contributed by atoms with E-state index in [9.17, 15) is 4.79 Å². The minimum atomic E-state index is -0.262.